The molecule has 2 bridgehead atoms. The van der Waals surface area contributed by atoms with Crippen molar-refractivity contribution in [2.75, 3.05) is 27.8 Å². The highest BCUT2D eigenvalue weighted by Crippen LogP contribution is 2.57. The number of ether oxygens (including phenoxy) is 2. The van der Waals surface area contributed by atoms with Crippen LogP contribution in [0.4, 0.5) is 0 Å². The Hall–Kier alpha value is -2.01. The molecule has 0 spiro atoms. The first-order valence-corrected chi connectivity index (χ1v) is 8.40. The Kier molecular flexibility index (Phi) is 3.39. The minimum atomic E-state index is -0.359. The predicted molar refractivity (Wildman–Crippen MR) is 89.3 cm³/mol. The monoisotopic (exact) mass is 329 g/mol. The van der Waals surface area contributed by atoms with Gasteiger partial charge >= 0.3 is 0 Å². The summed E-state index contributed by atoms with van der Waals surface area (Å²) in [7, 11) is 5.25. The zero-order valence-corrected chi connectivity index (χ0v) is 14.3. The van der Waals surface area contributed by atoms with E-state index in [-0.39, 0.29) is 22.9 Å². The number of likely N-dealkylation sites (tertiary alicyclic amines) is 1. The quantitative estimate of drug-likeness (QED) is 0.899. The Balaban J connectivity index is 1.97. The van der Waals surface area contributed by atoms with Crippen molar-refractivity contribution in [2.45, 2.75) is 30.7 Å². The van der Waals surface area contributed by atoms with Crippen LogP contribution in [0.1, 0.15) is 24.0 Å². The summed E-state index contributed by atoms with van der Waals surface area (Å²) in [5.74, 6) is 1.32. The van der Waals surface area contributed by atoms with Gasteiger partial charge in [-0.3, -0.25) is 4.79 Å². The number of methoxy groups -OCH3 is 2. The van der Waals surface area contributed by atoms with Crippen molar-refractivity contribution in [3.05, 3.63) is 35.1 Å². The number of nitrogens with zero attached hydrogens (tertiary/aromatic N) is 1. The lowest BCUT2D eigenvalue weighted by Crippen LogP contribution is -2.60. The van der Waals surface area contributed by atoms with Crippen molar-refractivity contribution in [3.63, 3.8) is 0 Å². The first kappa shape index (κ1) is 15.5. The third-order valence-corrected chi connectivity index (χ3v) is 6.21. The summed E-state index contributed by atoms with van der Waals surface area (Å²) in [5, 5.41) is 10.9. The molecule has 128 valence electrons. The van der Waals surface area contributed by atoms with Crippen LogP contribution in [-0.2, 0) is 21.4 Å². The lowest BCUT2D eigenvalue weighted by atomic mass is 9.53. The fourth-order valence-corrected chi connectivity index (χ4v) is 5.03. The van der Waals surface area contributed by atoms with E-state index in [1.165, 1.54) is 0 Å². The van der Waals surface area contributed by atoms with Crippen molar-refractivity contribution in [3.8, 4) is 11.5 Å². The van der Waals surface area contributed by atoms with Crippen LogP contribution in [0.3, 0.4) is 0 Å². The summed E-state index contributed by atoms with van der Waals surface area (Å²) in [4.78, 5) is 15.0. The Morgan fingerprint density at radius 2 is 2.08 bits per heavy atom. The number of allylic oxidation sites excluding steroid dienone is 1. The van der Waals surface area contributed by atoms with Crippen LogP contribution in [0.5, 0.6) is 11.5 Å². The summed E-state index contributed by atoms with van der Waals surface area (Å²) in [5.41, 5.74) is 1.68. The molecule has 1 heterocycles. The third kappa shape index (κ3) is 1.88. The molecule has 24 heavy (non-hydrogen) atoms. The van der Waals surface area contributed by atoms with Crippen molar-refractivity contribution < 1.29 is 19.4 Å². The second kappa shape index (κ2) is 5.24. The Bertz CT molecular complexity index is 741. The van der Waals surface area contributed by atoms with Crippen molar-refractivity contribution in [1.29, 1.82) is 0 Å². The molecule has 1 saturated heterocycles. The van der Waals surface area contributed by atoms with E-state index in [1.807, 2.05) is 18.2 Å². The number of piperidine rings is 1. The number of hydrogen-bond donors (Lipinski definition) is 1. The lowest BCUT2D eigenvalue weighted by molar-refractivity contribution is -0.122. The average Bonchev–Trinajstić information content (AvgIpc) is 2.57. The maximum atomic E-state index is 12.6. The molecule has 3 atom stereocenters. The number of phenols is 1. The highest BCUT2D eigenvalue weighted by Gasteiger charge is 2.56. The number of carbonyl (C=O) groups is 1. The largest absolute Gasteiger partial charge is 0.504 e. The molecular formula is C19H23NO4. The van der Waals surface area contributed by atoms with Gasteiger partial charge in [0.2, 0.25) is 0 Å². The molecule has 0 radical (unpaired) electrons. The van der Waals surface area contributed by atoms with Crippen LogP contribution in [0.2, 0.25) is 0 Å². The predicted octanol–water partition coefficient (Wildman–Crippen LogP) is 2.02. The molecular weight excluding hydrogens is 306 g/mol. The van der Waals surface area contributed by atoms with Crippen LogP contribution >= 0.6 is 0 Å². The van der Waals surface area contributed by atoms with Crippen LogP contribution in [-0.4, -0.2) is 49.6 Å². The molecule has 0 amide bonds. The average molecular weight is 329 g/mol. The molecule has 1 aromatic rings. The molecule has 1 aromatic carbocycles. The summed E-state index contributed by atoms with van der Waals surface area (Å²) >= 11 is 0. The number of ketones is 1. The number of hydrogen-bond acceptors (Lipinski definition) is 5. The van der Waals surface area contributed by atoms with Gasteiger partial charge in [0.15, 0.2) is 23.0 Å². The van der Waals surface area contributed by atoms with E-state index in [0.717, 1.165) is 30.5 Å². The molecule has 1 N–H and O–H groups in total. The van der Waals surface area contributed by atoms with Crippen LogP contribution < -0.4 is 4.74 Å². The van der Waals surface area contributed by atoms with E-state index in [2.05, 4.69) is 11.9 Å². The second-order valence-electron chi connectivity index (χ2n) is 7.17. The Labute approximate surface area is 141 Å². The molecule has 5 heteroatoms. The zero-order chi connectivity index (χ0) is 17.1. The second-order valence-corrected chi connectivity index (χ2v) is 7.17. The summed E-state index contributed by atoms with van der Waals surface area (Å²) < 4.78 is 10.6. The van der Waals surface area contributed by atoms with Crippen LogP contribution in [0.15, 0.2) is 24.0 Å². The smallest absolute Gasteiger partial charge is 0.197 e. The standard InChI is InChI=1S/C19H23NO4/c1-20-7-6-19-10-14(21)16(24-3)9-12(19)13(20)8-11-4-5-15(23-2)18(22)17(11)19/h4-5,9,12-13,22H,6-8,10H2,1-3H3/t12?,13-,19+/m0/s1. The summed E-state index contributed by atoms with van der Waals surface area (Å²) in [6.45, 7) is 0.917. The molecule has 1 aliphatic heterocycles. The molecule has 4 rings (SSSR count). The molecule has 2 aliphatic carbocycles. The number of rotatable bonds is 2. The molecule has 5 nitrogen and oxygen atoms in total. The van der Waals surface area contributed by atoms with Crippen molar-refractivity contribution >= 4 is 5.78 Å². The highest BCUT2D eigenvalue weighted by atomic mass is 16.5. The topological polar surface area (TPSA) is 59.0 Å². The van der Waals surface area contributed by atoms with Gasteiger partial charge in [-0.1, -0.05) is 6.07 Å². The van der Waals surface area contributed by atoms with E-state index in [4.69, 9.17) is 9.47 Å². The van der Waals surface area contributed by atoms with Crippen LogP contribution in [0.25, 0.3) is 0 Å². The number of likely N-dealkylation sites (N-methyl/N-ethyl adjacent to an activating group) is 1. The van der Waals surface area contributed by atoms with Gasteiger partial charge in [0, 0.05) is 29.4 Å². The maximum Gasteiger partial charge on any atom is 0.197 e. The number of phenolic OH excluding ortho intramolecular Hbond substituents is 1. The number of aromatic hydroxyl groups is 1. The van der Waals surface area contributed by atoms with Gasteiger partial charge in [0.25, 0.3) is 0 Å². The Morgan fingerprint density at radius 3 is 2.79 bits per heavy atom. The van der Waals surface area contributed by atoms with Crippen LogP contribution in [0, 0.1) is 5.92 Å². The van der Waals surface area contributed by atoms with E-state index in [0.29, 0.717) is 24.0 Å². The highest BCUT2D eigenvalue weighted by molar-refractivity contribution is 5.96. The molecule has 0 aromatic heterocycles. The van der Waals surface area contributed by atoms with E-state index in [1.54, 1.807) is 14.2 Å². The van der Waals surface area contributed by atoms with Crippen molar-refractivity contribution in [1.82, 2.24) is 4.90 Å². The van der Waals surface area contributed by atoms with E-state index in [9.17, 15) is 9.90 Å². The van der Waals surface area contributed by atoms with E-state index >= 15 is 0 Å². The number of carbonyl (C=O) groups excluding carboxylic acids is 1. The van der Waals surface area contributed by atoms with E-state index < -0.39 is 0 Å². The fourth-order valence-electron chi connectivity index (χ4n) is 5.03. The van der Waals surface area contributed by atoms with Gasteiger partial charge in [0.05, 0.1) is 14.2 Å². The Morgan fingerprint density at radius 1 is 1.29 bits per heavy atom. The number of Topliss-reactive ketones (excluding diaryl/α,β-unsaturated/α-hetero) is 1. The van der Waals surface area contributed by atoms with Gasteiger partial charge < -0.3 is 19.5 Å². The molecule has 3 aliphatic rings. The van der Waals surface area contributed by atoms with Gasteiger partial charge in [-0.15, -0.1) is 0 Å². The SMILES string of the molecule is COC1=CC2[C@@H]3Cc4ccc(OC)c(O)c4[C@]2(CCN3C)CC1=O. The number of fused-ring (bicyclic) bond motifs is 1. The molecule has 0 saturated carbocycles. The first-order chi connectivity index (χ1) is 11.5. The van der Waals surface area contributed by atoms with Gasteiger partial charge in [0.1, 0.15) is 0 Å². The van der Waals surface area contributed by atoms with Gasteiger partial charge in [-0.25, -0.2) is 0 Å². The first-order valence-electron chi connectivity index (χ1n) is 8.40. The minimum Gasteiger partial charge on any atom is -0.504 e. The van der Waals surface area contributed by atoms with Gasteiger partial charge in [-0.2, -0.15) is 0 Å². The van der Waals surface area contributed by atoms with Crippen molar-refractivity contribution in [2.24, 2.45) is 5.92 Å². The molecule has 1 unspecified atom stereocenters. The molecule has 1 fully saturated rings. The lowest BCUT2D eigenvalue weighted by Gasteiger charge is -2.56. The summed E-state index contributed by atoms with van der Waals surface area (Å²) in [6.07, 6.45) is 4.08. The fraction of sp³-hybridized carbons (Fsp3) is 0.526. The van der Waals surface area contributed by atoms with Gasteiger partial charge in [-0.05, 0) is 44.1 Å². The normalized spacial score (nSPS) is 31.8. The summed E-state index contributed by atoms with van der Waals surface area (Å²) in [6, 6.07) is 4.18. The number of benzene rings is 1. The minimum absolute atomic E-state index is 0.0205. The zero-order valence-electron chi connectivity index (χ0n) is 14.3. The third-order valence-electron chi connectivity index (χ3n) is 6.21. The maximum absolute atomic E-state index is 12.6.